The predicted octanol–water partition coefficient (Wildman–Crippen LogP) is 3.60. The molecule has 1 radical (unpaired) electrons. The molecule has 0 saturated heterocycles. The van der Waals surface area contributed by atoms with Crippen LogP contribution in [0, 0.1) is 6.42 Å². The van der Waals surface area contributed by atoms with Gasteiger partial charge in [0.15, 0.2) is 0 Å². The fraction of sp³-hybridized carbons (Fsp3) is 0.250. The summed E-state index contributed by atoms with van der Waals surface area (Å²) in [5, 5.41) is 0. The second kappa shape index (κ2) is 6.66. The summed E-state index contributed by atoms with van der Waals surface area (Å²) in [6, 6.07) is 0. The normalized spacial score (nSPS) is 29.3. The van der Waals surface area contributed by atoms with E-state index in [2.05, 4.69) is 55.0 Å². The summed E-state index contributed by atoms with van der Waals surface area (Å²) in [5.74, 6) is 0. The molecule has 0 fully saturated rings. The average molecular weight is 159 g/mol. The smallest absolute Gasteiger partial charge is 0.00443 e. The highest BCUT2D eigenvalue weighted by Crippen LogP contribution is 1.97. The Balaban J connectivity index is 2.40. The molecule has 0 N–H and O–H groups in total. The first-order valence-corrected chi connectivity index (χ1v) is 4.45. The zero-order chi connectivity index (χ0) is 8.49. The van der Waals surface area contributed by atoms with Crippen LogP contribution in [0.15, 0.2) is 48.6 Å². The van der Waals surface area contributed by atoms with Gasteiger partial charge >= 0.3 is 0 Å². The summed E-state index contributed by atoms with van der Waals surface area (Å²) < 4.78 is 0. The molecule has 0 aromatic carbocycles. The molecule has 1 aliphatic carbocycles. The molecule has 12 heavy (non-hydrogen) atoms. The Morgan fingerprint density at radius 1 is 0.500 bits per heavy atom. The summed E-state index contributed by atoms with van der Waals surface area (Å²) in [6.45, 7) is 0. The first-order chi connectivity index (χ1) is 6.00. The number of allylic oxidation sites excluding steroid dienone is 8. The van der Waals surface area contributed by atoms with Crippen LogP contribution >= 0.6 is 0 Å². The average Bonchev–Trinajstić information content (AvgIpc) is 2.05. The van der Waals surface area contributed by atoms with Gasteiger partial charge in [-0.1, -0.05) is 48.6 Å². The highest BCUT2D eigenvalue weighted by molar-refractivity contribution is 5.11. The van der Waals surface area contributed by atoms with Crippen molar-refractivity contribution in [3.8, 4) is 0 Å². The van der Waals surface area contributed by atoms with Crippen LogP contribution in [0.3, 0.4) is 0 Å². The van der Waals surface area contributed by atoms with Gasteiger partial charge in [0.25, 0.3) is 0 Å². The molecule has 0 aromatic heterocycles. The minimum atomic E-state index is 1.04. The van der Waals surface area contributed by atoms with E-state index in [1.165, 1.54) is 0 Å². The van der Waals surface area contributed by atoms with E-state index in [-0.39, 0.29) is 0 Å². The predicted molar refractivity (Wildman–Crippen MR) is 54.7 cm³/mol. The quantitative estimate of drug-likeness (QED) is 0.474. The lowest BCUT2D eigenvalue weighted by molar-refractivity contribution is 1.27. The monoisotopic (exact) mass is 159 g/mol. The summed E-state index contributed by atoms with van der Waals surface area (Å²) in [6.07, 6.45) is 22.5. The fourth-order valence-electron chi connectivity index (χ4n) is 0.999. The summed E-state index contributed by atoms with van der Waals surface area (Å²) in [5.41, 5.74) is 0. The Morgan fingerprint density at radius 2 is 0.917 bits per heavy atom. The molecule has 0 aromatic rings. The maximum absolute atomic E-state index is 2.20. The molecule has 0 bridgehead atoms. The minimum Gasteiger partial charge on any atom is -0.0844 e. The van der Waals surface area contributed by atoms with Crippen molar-refractivity contribution in [1.29, 1.82) is 0 Å². The standard InChI is InChI=1S/C12H15/c1-2-4-6-8-10-12-11-9-7-5-3-1/h1-5,8-11H,6-7,12H2/b4-2-,5-3+,10-8-,11-9+. The largest absolute Gasteiger partial charge is 0.0844 e. The SMILES string of the molecule is [CH]1/C=C\C/C=C\C/C=C/C/C=C/1. The molecule has 0 unspecified atom stereocenters. The Morgan fingerprint density at radius 3 is 1.42 bits per heavy atom. The Bertz CT molecular complexity index is 140. The van der Waals surface area contributed by atoms with Crippen LogP contribution in [0.1, 0.15) is 19.3 Å². The zero-order valence-corrected chi connectivity index (χ0v) is 7.32. The van der Waals surface area contributed by atoms with Crippen molar-refractivity contribution in [3.05, 3.63) is 55.0 Å². The van der Waals surface area contributed by atoms with Gasteiger partial charge in [-0.15, -0.1) is 0 Å². The van der Waals surface area contributed by atoms with E-state index in [0.717, 1.165) is 19.3 Å². The third kappa shape index (κ3) is 4.73. The molecular formula is C12H15. The van der Waals surface area contributed by atoms with E-state index in [1.807, 2.05) is 0 Å². The van der Waals surface area contributed by atoms with Crippen LogP contribution in [0.2, 0.25) is 0 Å². The molecule has 0 aliphatic heterocycles. The maximum Gasteiger partial charge on any atom is 0.00443 e. The van der Waals surface area contributed by atoms with E-state index in [0.29, 0.717) is 0 Å². The second-order valence-corrected chi connectivity index (χ2v) is 2.70. The van der Waals surface area contributed by atoms with Gasteiger partial charge in [-0.05, 0) is 19.3 Å². The molecule has 1 rings (SSSR count). The molecule has 0 heteroatoms. The van der Waals surface area contributed by atoms with Crippen LogP contribution in [0.4, 0.5) is 0 Å². The molecule has 0 atom stereocenters. The summed E-state index contributed by atoms with van der Waals surface area (Å²) in [4.78, 5) is 0. The zero-order valence-electron chi connectivity index (χ0n) is 7.32. The fourth-order valence-corrected chi connectivity index (χ4v) is 0.999. The van der Waals surface area contributed by atoms with Gasteiger partial charge in [0, 0.05) is 6.42 Å². The lowest BCUT2D eigenvalue weighted by atomic mass is 10.2. The van der Waals surface area contributed by atoms with Crippen molar-refractivity contribution in [3.63, 3.8) is 0 Å². The van der Waals surface area contributed by atoms with Crippen LogP contribution in [-0.2, 0) is 0 Å². The first-order valence-electron chi connectivity index (χ1n) is 4.45. The van der Waals surface area contributed by atoms with E-state index >= 15 is 0 Å². The molecule has 0 nitrogen and oxygen atoms in total. The van der Waals surface area contributed by atoms with Gasteiger partial charge in [0.1, 0.15) is 0 Å². The number of rotatable bonds is 0. The summed E-state index contributed by atoms with van der Waals surface area (Å²) >= 11 is 0. The molecular weight excluding hydrogens is 144 g/mol. The van der Waals surface area contributed by atoms with Crippen LogP contribution in [0.25, 0.3) is 0 Å². The lowest BCUT2D eigenvalue weighted by Gasteiger charge is -1.87. The molecule has 0 heterocycles. The van der Waals surface area contributed by atoms with E-state index in [1.54, 1.807) is 0 Å². The molecule has 63 valence electrons. The van der Waals surface area contributed by atoms with Crippen LogP contribution in [0.5, 0.6) is 0 Å². The third-order valence-electron chi connectivity index (χ3n) is 1.64. The van der Waals surface area contributed by atoms with Crippen molar-refractivity contribution in [1.82, 2.24) is 0 Å². The van der Waals surface area contributed by atoms with Crippen LogP contribution in [-0.4, -0.2) is 0 Å². The van der Waals surface area contributed by atoms with Crippen molar-refractivity contribution < 1.29 is 0 Å². The van der Waals surface area contributed by atoms with Crippen molar-refractivity contribution >= 4 is 0 Å². The highest BCUT2D eigenvalue weighted by Gasteiger charge is 1.76. The molecule has 0 amide bonds. The molecule has 0 saturated carbocycles. The van der Waals surface area contributed by atoms with Gasteiger partial charge in [0.05, 0.1) is 0 Å². The number of hydrogen-bond acceptors (Lipinski definition) is 0. The van der Waals surface area contributed by atoms with Crippen molar-refractivity contribution in [2.24, 2.45) is 0 Å². The van der Waals surface area contributed by atoms with Gasteiger partial charge in [-0.3, -0.25) is 0 Å². The summed E-state index contributed by atoms with van der Waals surface area (Å²) in [7, 11) is 0. The van der Waals surface area contributed by atoms with E-state index in [4.69, 9.17) is 0 Å². The number of hydrogen-bond donors (Lipinski definition) is 0. The van der Waals surface area contributed by atoms with Gasteiger partial charge in [0.2, 0.25) is 0 Å². The van der Waals surface area contributed by atoms with Gasteiger partial charge in [-0.2, -0.15) is 0 Å². The minimum absolute atomic E-state index is 1.04. The Labute approximate surface area is 75.0 Å². The first kappa shape index (κ1) is 9.05. The second-order valence-electron chi connectivity index (χ2n) is 2.70. The Kier molecular flexibility index (Phi) is 5.02. The van der Waals surface area contributed by atoms with Crippen molar-refractivity contribution in [2.75, 3.05) is 0 Å². The van der Waals surface area contributed by atoms with Crippen LogP contribution < -0.4 is 0 Å². The Hall–Kier alpha value is -1.04. The van der Waals surface area contributed by atoms with Crippen molar-refractivity contribution in [2.45, 2.75) is 19.3 Å². The van der Waals surface area contributed by atoms with Gasteiger partial charge < -0.3 is 0 Å². The van der Waals surface area contributed by atoms with E-state index < -0.39 is 0 Å². The van der Waals surface area contributed by atoms with E-state index in [9.17, 15) is 0 Å². The third-order valence-corrected chi connectivity index (χ3v) is 1.64. The van der Waals surface area contributed by atoms with Gasteiger partial charge in [-0.25, -0.2) is 0 Å². The maximum atomic E-state index is 2.20. The molecule has 1 aliphatic rings. The topological polar surface area (TPSA) is 0 Å². The lowest BCUT2D eigenvalue weighted by Crippen LogP contribution is -1.67. The molecule has 0 spiro atoms. The highest BCUT2D eigenvalue weighted by atomic mass is 13.8.